The second kappa shape index (κ2) is 7.70. The Morgan fingerprint density at radius 3 is 2.69 bits per heavy atom. The van der Waals surface area contributed by atoms with Gasteiger partial charge in [-0.05, 0) is 44.0 Å². The number of amides is 1. The molecule has 0 radical (unpaired) electrons. The zero-order chi connectivity index (χ0) is 20.4. The van der Waals surface area contributed by atoms with Gasteiger partial charge in [0.1, 0.15) is 17.7 Å². The molecule has 1 N–H and O–H groups in total. The maximum absolute atomic E-state index is 12.0. The number of nitrogens with one attached hydrogen (secondary N) is 1. The highest BCUT2D eigenvalue weighted by atomic mass is 16.6. The van der Waals surface area contributed by atoms with E-state index in [1.165, 1.54) is 10.8 Å². The fourth-order valence-corrected chi connectivity index (χ4v) is 3.59. The molecule has 0 spiro atoms. The number of aromatic nitrogens is 2. The van der Waals surface area contributed by atoms with Crippen LogP contribution in [0.15, 0.2) is 54.9 Å². The largest absolute Gasteiger partial charge is 0.444 e. The molecular formula is C23H26N4O2. The summed E-state index contributed by atoms with van der Waals surface area (Å²) >= 11 is 0. The SMILES string of the molecule is CC(C)(C)OC(=O)N[C@@H]1CCN(c2cc(-c3ccc4ccccc4c3)ncn2)C1. The van der Waals surface area contributed by atoms with E-state index >= 15 is 0 Å². The van der Waals surface area contributed by atoms with Crippen LogP contribution in [0.1, 0.15) is 27.2 Å². The highest BCUT2D eigenvalue weighted by molar-refractivity contribution is 5.86. The molecule has 2 aromatic carbocycles. The molecule has 0 bridgehead atoms. The van der Waals surface area contributed by atoms with E-state index in [9.17, 15) is 4.79 Å². The Morgan fingerprint density at radius 2 is 1.90 bits per heavy atom. The zero-order valence-corrected chi connectivity index (χ0v) is 17.1. The third kappa shape index (κ3) is 4.65. The topological polar surface area (TPSA) is 67.3 Å². The molecule has 0 unspecified atom stereocenters. The number of rotatable bonds is 3. The second-order valence-electron chi connectivity index (χ2n) is 8.40. The molecule has 1 fully saturated rings. The summed E-state index contributed by atoms with van der Waals surface area (Å²) in [7, 11) is 0. The predicted molar refractivity (Wildman–Crippen MR) is 115 cm³/mol. The fraction of sp³-hybridized carbons (Fsp3) is 0.348. The van der Waals surface area contributed by atoms with E-state index < -0.39 is 5.60 Å². The Kier molecular flexibility index (Phi) is 5.09. The van der Waals surface area contributed by atoms with Crippen LogP contribution in [0.4, 0.5) is 10.6 Å². The predicted octanol–water partition coefficient (Wildman–Crippen LogP) is 4.40. The van der Waals surface area contributed by atoms with Gasteiger partial charge in [0.25, 0.3) is 0 Å². The molecule has 1 amide bonds. The van der Waals surface area contributed by atoms with Crippen molar-refractivity contribution in [2.75, 3.05) is 18.0 Å². The number of alkyl carbamates (subject to hydrolysis) is 1. The van der Waals surface area contributed by atoms with E-state index in [1.54, 1.807) is 6.33 Å². The van der Waals surface area contributed by atoms with Crippen molar-refractivity contribution < 1.29 is 9.53 Å². The van der Waals surface area contributed by atoms with Crippen molar-refractivity contribution in [1.82, 2.24) is 15.3 Å². The third-order valence-electron chi connectivity index (χ3n) is 4.93. The molecule has 1 atom stereocenters. The minimum atomic E-state index is -0.496. The number of carbonyl (C=O) groups excluding carboxylic acids is 1. The number of hydrogen-bond donors (Lipinski definition) is 1. The van der Waals surface area contributed by atoms with Crippen molar-refractivity contribution in [3.05, 3.63) is 54.9 Å². The van der Waals surface area contributed by atoms with E-state index in [0.29, 0.717) is 6.54 Å². The van der Waals surface area contributed by atoms with Crippen molar-refractivity contribution in [2.24, 2.45) is 0 Å². The lowest BCUT2D eigenvalue weighted by atomic mass is 10.0. The minimum Gasteiger partial charge on any atom is -0.444 e. The second-order valence-corrected chi connectivity index (χ2v) is 8.40. The van der Waals surface area contributed by atoms with Crippen LogP contribution in [-0.4, -0.2) is 40.8 Å². The molecule has 1 aliphatic rings. The Balaban J connectivity index is 1.47. The van der Waals surface area contributed by atoms with Crippen LogP contribution in [-0.2, 0) is 4.74 Å². The first-order valence-corrected chi connectivity index (χ1v) is 9.93. The number of carbonyl (C=O) groups is 1. The number of benzene rings is 2. The number of hydrogen-bond acceptors (Lipinski definition) is 5. The number of anilines is 1. The van der Waals surface area contributed by atoms with Crippen molar-refractivity contribution in [3.8, 4) is 11.3 Å². The van der Waals surface area contributed by atoms with Crippen LogP contribution < -0.4 is 10.2 Å². The van der Waals surface area contributed by atoms with Gasteiger partial charge < -0.3 is 15.0 Å². The van der Waals surface area contributed by atoms with Crippen LogP contribution in [0.2, 0.25) is 0 Å². The number of nitrogens with zero attached hydrogens (tertiary/aromatic N) is 3. The van der Waals surface area contributed by atoms with Crippen LogP contribution in [0.3, 0.4) is 0 Å². The van der Waals surface area contributed by atoms with E-state index in [1.807, 2.05) is 39.0 Å². The van der Waals surface area contributed by atoms with Gasteiger partial charge in [0.2, 0.25) is 0 Å². The summed E-state index contributed by atoms with van der Waals surface area (Å²) in [4.78, 5) is 23.1. The van der Waals surface area contributed by atoms with E-state index in [-0.39, 0.29) is 12.1 Å². The standard InChI is InChI=1S/C23H26N4O2/c1-23(2,3)29-22(28)26-19-10-11-27(14-19)21-13-20(24-15-25-21)18-9-8-16-6-4-5-7-17(16)12-18/h4-9,12-13,15,19H,10-11,14H2,1-3H3,(H,26,28)/t19-/m1/s1. The normalized spacial score (nSPS) is 16.8. The molecule has 29 heavy (non-hydrogen) atoms. The third-order valence-corrected chi connectivity index (χ3v) is 4.93. The van der Waals surface area contributed by atoms with Crippen LogP contribution in [0.25, 0.3) is 22.0 Å². The summed E-state index contributed by atoms with van der Waals surface area (Å²) in [6.45, 7) is 7.12. The van der Waals surface area contributed by atoms with Crippen molar-refractivity contribution in [3.63, 3.8) is 0 Å². The Bertz CT molecular complexity index is 1030. The van der Waals surface area contributed by atoms with E-state index in [2.05, 4.69) is 50.5 Å². The fourth-order valence-electron chi connectivity index (χ4n) is 3.59. The quantitative estimate of drug-likeness (QED) is 0.718. The van der Waals surface area contributed by atoms with Gasteiger partial charge in [-0.3, -0.25) is 0 Å². The van der Waals surface area contributed by atoms with Gasteiger partial charge >= 0.3 is 6.09 Å². The van der Waals surface area contributed by atoms with Gasteiger partial charge in [-0.2, -0.15) is 0 Å². The monoisotopic (exact) mass is 390 g/mol. The molecule has 4 rings (SSSR count). The first kappa shape index (κ1) is 19.2. The summed E-state index contributed by atoms with van der Waals surface area (Å²) < 4.78 is 5.36. The molecule has 6 heteroatoms. The number of ether oxygens (including phenoxy) is 1. The Hall–Kier alpha value is -3.15. The summed E-state index contributed by atoms with van der Waals surface area (Å²) in [5.41, 5.74) is 1.46. The number of fused-ring (bicyclic) bond motifs is 1. The lowest BCUT2D eigenvalue weighted by Gasteiger charge is -2.22. The molecule has 2 heterocycles. The first-order valence-electron chi connectivity index (χ1n) is 9.93. The molecule has 0 saturated carbocycles. The Labute approximate surface area is 170 Å². The highest BCUT2D eigenvalue weighted by Gasteiger charge is 2.27. The van der Waals surface area contributed by atoms with Crippen LogP contribution in [0, 0.1) is 0 Å². The molecule has 1 aromatic heterocycles. The smallest absolute Gasteiger partial charge is 0.407 e. The van der Waals surface area contributed by atoms with Crippen molar-refractivity contribution in [2.45, 2.75) is 38.8 Å². The van der Waals surface area contributed by atoms with E-state index in [0.717, 1.165) is 30.0 Å². The van der Waals surface area contributed by atoms with Crippen LogP contribution >= 0.6 is 0 Å². The molecule has 3 aromatic rings. The summed E-state index contributed by atoms with van der Waals surface area (Å²) in [5, 5.41) is 5.35. The average Bonchev–Trinajstić information content (AvgIpc) is 3.14. The van der Waals surface area contributed by atoms with Gasteiger partial charge in [-0.1, -0.05) is 36.4 Å². The molecule has 1 aliphatic heterocycles. The van der Waals surface area contributed by atoms with Crippen molar-refractivity contribution in [1.29, 1.82) is 0 Å². The van der Waals surface area contributed by atoms with Crippen molar-refractivity contribution >= 4 is 22.7 Å². The first-order chi connectivity index (χ1) is 13.9. The summed E-state index contributed by atoms with van der Waals surface area (Å²) in [6.07, 6.45) is 2.09. The summed E-state index contributed by atoms with van der Waals surface area (Å²) in [6, 6.07) is 16.7. The van der Waals surface area contributed by atoms with Gasteiger partial charge in [0.15, 0.2) is 0 Å². The van der Waals surface area contributed by atoms with Gasteiger partial charge in [-0.15, -0.1) is 0 Å². The molecule has 6 nitrogen and oxygen atoms in total. The maximum atomic E-state index is 12.0. The Morgan fingerprint density at radius 1 is 1.10 bits per heavy atom. The van der Waals surface area contributed by atoms with Crippen LogP contribution in [0.5, 0.6) is 0 Å². The van der Waals surface area contributed by atoms with Gasteiger partial charge in [-0.25, -0.2) is 14.8 Å². The van der Waals surface area contributed by atoms with Gasteiger partial charge in [0, 0.05) is 24.7 Å². The lowest BCUT2D eigenvalue weighted by molar-refractivity contribution is 0.0509. The zero-order valence-electron chi connectivity index (χ0n) is 17.1. The maximum Gasteiger partial charge on any atom is 0.407 e. The molecule has 150 valence electrons. The summed E-state index contributed by atoms with van der Waals surface area (Å²) in [5.74, 6) is 0.872. The molecule has 1 saturated heterocycles. The highest BCUT2D eigenvalue weighted by Crippen LogP contribution is 2.26. The van der Waals surface area contributed by atoms with Gasteiger partial charge in [0.05, 0.1) is 11.7 Å². The molecule has 0 aliphatic carbocycles. The minimum absolute atomic E-state index is 0.0453. The average molecular weight is 390 g/mol. The molecular weight excluding hydrogens is 364 g/mol. The van der Waals surface area contributed by atoms with E-state index in [4.69, 9.17) is 4.74 Å². The lowest BCUT2D eigenvalue weighted by Crippen LogP contribution is -2.40.